The van der Waals surface area contributed by atoms with Crippen LogP contribution in [-0.2, 0) is 6.42 Å². The zero-order valence-electron chi connectivity index (χ0n) is 11.4. The van der Waals surface area contributed by atoms with Crippen LogP contribution < -0.4 is 10.6 Å². The molecule has 0 heterocycles. The van der Waals surface area contributed by atoms with Gasteiger partial charge in [-0.1, -0.05) is 48.0 Å². The maximum Gasteiger partial charge on any atom is 0.319 e. The fraction of sp³-hybridized carbons (Fsp3) is 0.188. The summed E-state index contributed by atoms with van der Waals surface area (Å²) in [5, 5.41) is 15.7. The van der Waals surface area contributed by atoms with Crippen LogP contribution in [0.4, 0.5) is 10.5 Å². The maximum atomic E-state index is 11.7. The molecule has 21 heavy (non-hydrogen) atoms. The van der Waals surface area contributed by atoms with Crippen LogP contribution in [0.15, 0.2) is 54.6 Å². The zero-order valence-corrected chi connectivity index (χ0v) is 12.2. The van der Waals surface area contributed by atoms with Crippen LogP contribution in [0, 0.1) is 0 Å². The number of rotatable bonds is 5. The molecule has 3 N–H and O–H groups in total. The van der Waals surface area contributed by atoms with Crippen molar-refractivity contribution in [3.05, 3.63) is 65.2 Å². The first-order chi connectivity index (χ1) is 10.1. The quantitative estimate of drug-likeness (QED) is 0.795. The second-order valence-corrected chi connectivity index (χ2v) is 5.13. The van der Waals surface area contributed by atoms with E-state index in [0.29, 0.717) is 17.1 Å². The van der Waals surface area contributed by atoms with Gasteiger partial charge in [0, 0.05) is 23.7 Å². The van der Waals surface area contributed by atoms with Crippen molar-refractivity contribution >= 4 is 23.3 Å². The summed E-state index contributed by atoms with van der Waals surface area (Å²) in [4.78, 5) is 11.7. The number of halogens is 1. The van der Waals surface area contributed by atoms with E-state index in [1.807, 2.05) is 30.3 Å². The lowest BCUT2D eigenvalue weighted by atomic mass is 10.1. The van der Waals surface area contributed by atoms with E-state index in [2.05, 4.69) is 10.6 Å². The van der Waals surface area contributed by atoms with Gasteiger partial charge in [0.25, 0.3) is 0 Å². The predicted molar refractivity (Wildman–Crippen MR) is 84.6 cm³/mol. The van der Waals surface area contributed by atoms with Gasteiger partial charge in [-0.3, -0.25) is 0 Å². The summed E-state index contributed by atoms with van der Waals surface area (Å²) in [5.74, 6) is 0. The number of benzene rings is 2. The minimum absolute atomic E-state index is 0.182. The molecule has 0 aliphatic heterocycles. The fourth-order valence-corrected chi connectivity index (χ4v) is 2.10. The number of aliphatic hydroxyl groups excluding tert-OH is 1. The Morgan fingerprint density at radius 2 is 1.90 bits per heavy atom. The molecule has 0 saturated heterocycles. The molecule has 1 unspecified atom stereocenters. The number of nitrogens with one attached hydrogen (secondary N) is 2. The molecule has 0 radical (unpaired) electrons. The second kappa shape index (κ2) is 7.67. The minimum Gasteiger partial charge on any atom is -0.391 e. The lowest BCUT2D eigenvalue weighted by Crippen LogP contribution is -2.36. The van der Waals surface area contributed by atoms with Crippen LogP contribution in [0.3, 0.4) is 0 Å². The largest absolute Gasteiger partial charge is 0.391 e. The van der Waals surface area contributed by atoms with E-state index in [1.165, 1.54) is 0 Å². The van der Waals surface area contributed by atoms with E-state index in [1.54, 1.807) is 24.3 Å². The van der Waals surface area contributed by atoms with E-state index in [4.69, 9.17) is 11.6 Å². The molecule has 0 bridgehead atoms. The number of anilines is 1. The Morgan fingerprint density at radius 3 is 2.62 bits per heavy atom. The SMILES string of the molecule is O=C(NCC(O)Cc1ccccc1)Nc1cccc(Cl)c1. The summed E-state index contributed by atoms with van der Waals surface area (Å²) in [6.45, 7) is 0.182. The van der Waals surface area contributed by atoms with Gasteiger partial charge in [0.05, 0.1) is 6.10 Å². The van der Waals surface area contributed by atoms with Crippen LogP contribution >= 0.6 is 11.6 Å². The molecule has 0 spiro atoms. The van der Waals surface area contributed by atoms with Crippen molar-refractivity contribution in [3.8, 4) is 0 Å². The third-order valence-corrected chi connectivity index (χ3v) is 3.13. The number of aliphatic hydroxyl groups is 1. The van der Waals surface area contributed by atoms with Crippen molar-refractivity contribution in [2.75, 3.05) is 11.9 Å². The van der Waals surface area contributed by atoms with Crippen molar-refractivity contribution in [2.24, 2.45) is 0 Å². The molecule has 1 atom stereocenters. The van der Waals surface area contributed by atoms with Gasteiger partial charge in [-0.15, -0.1) is 0 Å². The van der Waals surface area contributed by atoms with Gasteiger partial charge in [0.15, 0.2) is 0 Å². The van der Waals surface area contributed by atoms with E-state index in [0.717, 1.165) is 5.56 Å². The van der Waals surface area contributed by atoms with Crippen LogP contribution in [0.5, 0.6) is 0 Å². The highest BCUT2D eigenvalue weighted by atomic mass is 35.5. The van der Waals surface area contributed by atoms with Crippen LogP contribution in [-0.4, -0.2) is 23.8 Å². The fourth-order valence-electron chi connectivity index (χ4n) is 1.91. The molecule has 2 aromatic carbocycles. The van der Waals surface area contributed by atoms with Crippen molar-refractivity contribution in [2.45, 2.75) is 12.5 Å². The smallest absolute Gasteiger partial charge is 0.319 e. The van der Waals surface area contributed by atoms with Crippen molar-refractivity contribution < 1.29 is 9.90 Å². The molecule has 4 nitrogen and oxygen atoms in total. The van der Waals surface area contributed by atoms with Crippen molar-refractivity contribution in [3.63, 3.8) is 0 Å². The number of carbonyl (C=O) groups excluding carboxylic acids is 1. The topological polar surface area (TPSA) is 61.4 Å². The number of hydrogen-bond acceptors (Lipinski definition) is 2. The summed E-state index contributed by atoms with van der Waals surface area (Å²) in [6, 6.07) is 16.1. The Labute approximate surface area is 128 Å². The summed E-state index contributed by atoms with van der Waals surface area (Å²) < 4.78 is 0. The minimum atomic E-state index is -0.627. The molecule has 2 rings (SSSR count). The zero-order chi connectivity index (χ0) is 15.1. The van der Waals surface area contributed by atoms with Crippen LogP contribution in [0.25, 0.3) is 0 Å². The average molecular weight is 305 g/mol. The first-order valence-corrected chi connectivity index (χ1v) is 7.03. The molecule has 0 saturated carbocycles. The van der Waals surface area contributed by atoms with Gasteiger partial charge in [-0.05, 0) is 23.8 Å². The first kappa shape index (κ1) is 15.4. The van der Waals surface area contributed by atoms with E-state index in [9.17, 15) is 9.90 Å². The monoisotopic (exact) mass is 304 g/mol. The number of hydrogen-bond donors (Lipinski definition) is 3. The Hall–Kier alpha value is -2.04. The second-order valence-electron chi connectivity index (χ2n) is 4.69. The highest BCUT2D eigenvalue weighted by Gasteiger charge is 2.08. The molecule has 2 aromatic rings. The third kappa shape index (κ3) is 5.45. The number of amides is 2. The van der Waals surface area contributed by atoms with Gasteiger partial charge in [-0.25, -0.2) is 4.79 Å². The van der Waals surface area contributed by atoms with E-state index >= 15 is 0 Å². The number of carbonyl (C=O) groups is 1. The molecule has 0 fully saturated rings. The van der Waals surface area contributed by atoms with Gasteiger partial charge in [0.1, 0.15) is 0 Å². The molecule has 0 aliphatic carbocycles. The summed E-state index contributed by atoms with van der Waals surface area (Å²) >= 11 is 5.83. The maximum absolute atomic E-state index is 11.7. The first-order valence-electron chi connectivity index (χ1n) is 6.66. The summed E-state index contributed by atoms with van der Waals surface area (Å²) in [6.07, 6.45) is -0.129. The molecular weight excluding hydrogens is 288 g/mol. The molecule has 110 valence electrons. The molecular formula is C16H17ClN2O2. The van der Waals surface area contributed by atoms with Crippen molar-refractivity contribution in [1.29, 1.82) is 0 Å². The van der Waals surface area contributed by atoms with Crippen molar-refractivity contribution in [1.82, 2.24) is 5.32 Å². The summed E-state index contributed by atoms with van der Waals surface area (Å²) in [7, 11) is 0. The highest BCUT2D eigenvalue weighted by Crippen LogP contribution is 2.14. The normalized spacial score (nSPS) is 11.7. The predicted octanol–water partition coefficient (Wildman–Crippen LogP) is 3.07. The molecule has 2 amide bonds. The molecule has 5 heteroatoms. The Balaban J connectivity index is 1.76. The van der Waals surface area contributed by atoms with E-state index in [-0.39, 0.29) is 12.6 Å². The molecule has 0 aromatic heterocycles. The third-order valence-electron chi connectivity index (χ3n) is 2.89. The average Bonchev–Trinajstić information content (AvgIpc) is 2.46. The highest BCUT2D eigenvalue weighted by molar-refractivity contribution is 6.30. The van der Waals surface area contributed by atoms with Crippen LogP contribution in [0.2, 0.25) is 5.02 Å². The lowest BCUT2D eigenvalue weighted by Gasteiger charge is -2.13. The standard InChI is InChI=1S/C16H17ClN2O2/c17-13-7-4-8-14(10-13)19-16(21)18-11-15(20)9-12-5-2-1-3-6-12/h1-8,10,15,20H,9,11H2,(H2,18,19,21). The van der Waals surface area contributed by atoms with Crippen LogP contribution in [0.1, 0.15) is 5.56 Å². The van der Waals surface area contributed by atoms with Gasteiger partial charge in [-0.2, -0.15) is 0 Å². The van der Waals surface area contributed by atoms with Gasteiger partial charge >= 0.3 is 6.03 Å². The lowest BCUT2D eigenvalue weighted by molar-refractivity contribution is 0.172. The Morgan fingerprint density at radius 1 is 1.14 bits per heavy atom. The van der Waals surface area contributed by atoms with Gasteiger partial charge < -0.3 is 15.7 Å². The Bertz CT molecular complexity index is 590. The molecule has 0 aliphatic rings. The Kier molecular flexibility index (Phi) is 5.60. The van der Waals surface area contributed by atoms with Gasteiger partial charge in [0.2, 0.25) is 0 Å². The van der Waals surface area contributed by atoms with E-state index < -0.39 is 6.10 Å². The summed E-state index contributed by atoms with van der Waals surface area (Å²) in [5.41, 5.74) is 1.64. The number of urea groups is 1.